The number of rotatable bonds is 5. The Balaban J connectivity index is 1.85. The molecule has 2 N–H and O–H groups in total. The fourth-order valence-electron chi connectivity index (χ4n) is 2.31. The van der Waals surface area contributed by atoms with Crippen LogP contribution >= 0.6 is 0 Å². The molecule has 0 radical (unpaired) electrons. The van der Waals surface area contributed by atoms with E-state index in [0.717, 1.165) is 32.6 Å². The van der Waals surface area contributed by atoms with Gasteiger partial charge in [-0.2, -0.15) is 0 Å². The molecular weight excluding hydrogens is 224 g/mol. The van der Waals surface area contributed by atoms with Crippen molar-refractivity contribution in [3.05, 3.63) is 29.8 Å². The van der Waals surface area contributed by atoms with Crippen molar-refractivity contribution >= 4 is 5.69 Å². The molecule has 0 aliphatic carbocycles. The summed E-state index contributed by atoms with van der Waals surface area (Å²) in [6.07, 6.45) is 0.731. The number of aliphatic hydroxyl groups is 1. The Hall–Kier alpha value is -1.06. The van der Waals surface area contributed by atoms with Gasteiger partial charge in [0.25, 0.3) is 0 Å². The van der Waals surface area contributed by atoms with Gasteiger partial charge in [0.05, 0.1) is 6.10 Å². The third kappa shape index (κ3) is 3.72. The van der Waals surface area contributed by atoms with Gasteiger partial charge in [-0.1, -0.05) is 26.0 Å². The summed E-state index contributed by atoms with van der Waals surface area (Å²) < 4.78 is 0. The Morgan fingerprint density at radius 1 is 1.33 bits per heavy atom. The maximum atomic E-state index is 9.53. The number of hydrogen-bond acceptors (Lipinski definition) is 3. The standard InChI is InChI=1S/C15H24N2O/c1-12(2)9-16-10-13-3-5-14(6-4-13)17-8-7-15(18)11-17/h3-6,12,15-16,18H,7-11H2,1-2H3. The van der Waals surface area contributed by atoms with Crippen LogP contribution in [0.2, 0.25) is 0 Å². The normalized spacial score (nSPS) is 19.8. The zero-order valence-corrected chi connectivity index (χ0v) is 11.4. The van der Waals surface area contributed by atoms with Crippen LogP contribution < -0.4 is 10.2 Å². The van der Waals surface area contributed by atoms with Crippen LogP contribution in [-0.4, -0.2) is 30.8 Å². The predicted molar refractivity (Wildman–Crippen MR) is 75.8 cm³/mol. The molecule has 3 nitrogen and oxygen atoms in total. The first-order valence-electron chi connectivity index (χ1n) is 6.88. The van der Waals surface area contributed by atoms with Crippen molar-refractivity contribution in [1.29, 1.82) is 0 Å². The second-order valence-electron chi connectivity index (χ2n) is 5.58. The molecule has 0 aromatic heterocycles. The molecule has 1 saturated heterocycles. The molecule has 1 aromatic carbocycles. The molecule has 1 aliphatic rings. The number of aliphatic hydroxyl groups excluding tert-OH is 1. The van der Waals surface area contributed by atoms with Gasteiger partial charge in [0.15, 0.2) is 0 Å². The second-order valence-corrected chi connectivity index (χ2v) is 5.58. The first kappa shape index (κ1) is 13.4. The van der Waals surface area contributed by atoms with E-state index < -0.39 is 0 Å². The Kier molecular flexibility index (Phi) is 4.61. The van der Waals surface area contributed by atoms with E-state index in [9.17, 15) is 5.11 Å². The van der Waals surface area contributed by atoms with Crippen LogP contribution in [0.3, 0.4) is 0 Å². The van der Waals surface area contributed by atoms with Crippen LogP contribution in [0.15, 0.2) is 24.3 Å². The quantitative estimate of drug-likeness (QED) is 0.836. The summed E-state index contributed by atoms with van der Waals surface area (Å²) in [6.45, 7) is 8.15. The van der Waals surface area contributed by atoms with Crippen LogP contribution in [0.4, 0.5) is 5.69 Å². The summed E-state index contributed by atoms with van der Waals surface area (Å²) in [7, 11) is 0. The molecule has 1 atom stereocenters. The van der Waals surface area contributed by atoms with Crippen molar-refractivity contribution in [3.8, 4) is 0 Å². The van der Waals surface area contributed by atoms with E-state index in [1.807, 2.05) is 0 Å². The molecule has 1 fully saturated rings. The summed E-state index contributed by atoms with van der Waals surface area (Å²) in [5, 5.41) is 13.0. The molecule has 1 aliphatic heterocycles. The van der Waals surface area contributed by atoms with E-state index >= 15 is 0 Å². The zero-order chi connectivity index (χ0) is 13.0. The highest BCUT2D eigenvalue weighted by atomic mass is 16.3. The first-order chi connectivity index (χ1) is 8.65. The minimum Gasteiger partial charge on any atom is -0.391 e. The molecule has 0 saturated carbocycles. The number of benzene rings is 1. The molecular formula is C15H24N2O. The lowest BCUT2D eigenvalue weighted by atomic mass is 10.2. The van der Waals surface area contributed by atoms with E-state index in [1.165, 1.54) is 11.3 Å². The van der Waals surface area contributed by atoms with Gasteiger partial charge in [0.2, 0.25) is 0 Å². The van der Waals surface area contributed by atoms with Crippen molar-refractivity contribution in [2.45, 2.75) is 32.9 Å². The van der Waals surface area contributed by atoms with E-state index in [1.54, 1.807) is 0 Å². The van der Waals surface area contributed by atoms with E-state index in [4.69, 9.17) is 0 Å². The Morgan fingerprint density at radius 3 is 2.61 bits per heavy atom. The zero-order valence-electron chi connectivity index (χ0n) is 11.4. The minimum atomic E-state index is -0.155. The third-order valence-corrected chi connectivity index (χ3v) is 3.35. The fourth-order valence-corrected chi connectivity index (χ4v) is 2.31. The van der Waals surface area contributed by atoms with Crippen molar-refractivity contribution in [1.82, 2.24) is 5.32 Å². The number of nitrogens with zero attached hydrogens (tertiary/aromatic N) is 1. The molecule has 2 rings (SSSR count). The average molecular weight is 248 g/mol. The van der Waals surface area contributed by atoms with Crippen LogP contribution in [0, 0.1) is 5.92 Å². The van der Waals surface area contributed by atoms with Gasteiger partial charge in [-0.15, -0.1) is 0 Å². The Labute approximate surface area is 110 Å². The van der Waals surface area contributed by atoms with Gasteiger partial charge in [-0.3, -0.25) is 0 Å². The van der Waals surface area contributed by atoms with Crippen LogP contribution in [0.5, 0.6) is 0 Å². The van der Waals surface area contributed by atoms with Crippen LogP contribution in [0.25, 0.3) is 0 Å². The largest absolute Gasteiger partial charge is 0.391 e. The minimum absolute atomic E-state index is 0.155. The molecule has 3 heteroatoms. The van der Waals surface area contributed by atoms with Crippen molar-refractivity contribution < 1.29 is 5.11 Å². The highest BCUT2D eigenvalue weighted by molar-refractivity contribution is 5.48. The van der Waals surface area contributed by atoms with Gasteiger partial charge in [0, 0.05) is 25.3 Å². The van der Waals surface area contributed by atoms with Crippen molar-refractivity contribution in [2.24, 2.45) is 5.92 Å². The highest BCUT2D eigenvalue weighted by Gasteiger charge is 2.19. The third-order valence-electron chi connectivity index (χ3n) is 3.35. The molecule has 1 heterocycles. The van der Waals surface area contributed by atoms with Gasteiger partial charge in [-0.05, 0) is 36.6 Å². The molecule has 1 unspecified atom stereocenters. The number of anilines is 1. The lowest BCUT2D eigenvalue weighted by molar-refractivity contribution is 0.198. The van der Waals surface area contributed by atoms with Crippen LogP contribution in [0.1, 0.15) is 25.8 Å². The van der Waals surface area contributed by atoms with E-state index in [0.29, 0.717) is 5.92 Å². The summed E-state index contributed by atoms with van der Waals surface area (Å²) in [6, 6.07) is 8.66. The average Bonchev–Trinajstić information content (AvgIpc) is 2.76. The molecule has 0 amide bonds. The predicted octanol–water partition coefficient (Wildman–Crippen LogP) is 2.00. The maximum Gasteiger partial charge on any atom is 0.0731 e. The lowest BCUT2D eigenvalue weighted by Gasteiger charge is -2.18. The van der Waals surface area contributed by atoms with E-state index in [2.05, 4.69) is 48.3 Å². The smallest absolute Gasteiger partial charge is 0.0731 e. The molecule has 0 spiro atoms. The molecule has 100 valence electrons. The summed E-state index contributed by atoms with van der Waals surface area (Å²) in [5.74, 6) is 0.690. The summed E-state index contributed by atoms with van der Waals surface area (Å²) in [4.78, 5) is 2.25. The SMILES string of the molecule is CC(C)CNCc1ccc(N2CCC(O)C2)cc1. The molecule has 0 bridgehead atoms. The number of nitrogens with one attached hydrogen (secondary N) is 1. The fraction of sp³-hybridized carbons (Fsp3) is 0.600. The number of hydrogen-bond donors (Lipinski definition) is 2. The van der Waals surface area contributed by atoms with Gasteiger partial charge < -0.3 is 15.3 Å². The summed E-state index contributed by atoms with van der Waals surface area (Å²) >= 11 is 0. The topological polar surface area (TPSA) is 35.5 Å². The second kappa shape index (κ2) is 6.21. The van der Waals surface area contributed by atoms with Crippen molar-refractivity contribution in [3.63, 3.8) is 0 Å². The summed E-state index contributed by atoms with van der Waals surface area (Å²) in [5.41, 5.74) is 2.54. The van der Waals surface area contributed by atoms with Crippen molar-refractivity contribution in [2.75, 3.05) is 24.5 Å². The highest BCUT2D eigenvalue weighted by Crippen LogP contribution is 2.20. The molecule has 1 aromatic rings. The van der Waals surface area contributed by atoms with Gasteiger partial charge in [0.1, 0.15) is 0 Å². The molecule has 18 heavy (non-hydrogen) atoms. The van der Waals surface area contributed by atoms with E-state index in [-0.39, 0.29) is 6.10 Å². The lowest BCUT2D eigenvalue weighted by Crippen LogP contribution is -2.21. The van der Waals surface area contributed by atoms with Gasteiger partial charge in [-0.25, -0.2) is 0 Å². The first-order valence-corrected chi connectivity index (χ1v) is 6.88. The monoisotopic (exact) mass is 248 g/mol. The van der Waals surface area contributed by atoms with Crippen LogP contribution in [-0.2, 0) is 6.54 Å². The van der Waals surface area contributed by atoms with Gasteiger partial charge >= 0.3 is 0 Å². The Morgan fingerprint density at radius 2 is 2.06 bits per heavy atom. The number of β-amino-alcohol motifs (C(OH)–C–C–N with tert-alkyl or cyclic N) is 1. The maximum absolute atomic E-state index is 9.53. The Bertz CT molecular complexity index is 361.